The molecule has 2 atom stereocenters. The number of aromatic hydroxyl groups is 3. The van der Waals surface area contributed by atoms with Gasteiger partial charge in [0.1, 0.15) is 17.6 Å². The number of aliphatic hydroxyl groups excluding tert-OH is 2. The zero-order chi connectivity index (χ0) is 16.7. The summed E-state index contributed by atoms with van der Waals surface area (Å²) in [5, 5.41) is 48.6. The lowest BCUT2D eigenvalue weighted by molar-refractivity contribution is -0.115. The number of allylic oxidation sites excluding steroid dienone is 1. The molecule has 0 heterocycles. The van der Waals surface area contributed by atoms with Crippen molar-refractivity contribution in [3.8, 4) is 17.2 Å². The third-order valence-corrected chi connectivity index (χ3v) is 3.90. The minimum absolute atomic E-state index is 0.0137. The molecule has 0 spiro atoms. The molecule has 1 aliphatic carbocycles. The van der Waals surface area contributed by atoms with E-state index in [2.05, 4.69) is 0 Å². The molecule has 118 valence electrons. The summed E-state index contributed by atoms with van der Waals surface area (Å²) >= 11 is 0. The van der Waals surface area contributed by atoms with Crippen molar-refractivity contribution < 1.29 is 30.3 Å². The fraction of sp³-hybridized carbons (Fsp3) is 0.118. The number of Topliss-reactive ketones (excluding diaryl/α,β-unsaturated/α-hetero) is 1. The number of benzene rings is 2. The number of rotatable bonds is 2. The molecule has 3 rings (SSSR count). The molecule has 0 bridgehead atoms. The van der Waals surface area contributed by atoms with Gasteiger partial charge < -0.3 is 25.5 Å². The second-order valence-electron chi connectivity index (χ2n) is 5.34. The van der Waals surface area contributed by atoms with Crippen LogP contribution in [0.3, 0.4) is 0 Å². The van der Waals surface area contributed by atoms with Gasteiger partial charge >= 0.3 is 0 Å². The standard InChI is InChI=1S/C17H14O6/c18-10-4-1-8(2-5-10)13-15(21)14(17(23)16(13)22)9-3-6-11(19)12(20)7-9/h1-7,14,17-20,22-23H. The number of aliphatic hydroxyl groups is 2. The van der Waals surface area contributed by atoms with Crippen LogP contribution in [-0.2, 0) is 4.79 Å². The molecule has 2 aromatic rings. The van der Waals surface area contributed by atoms with Crippen molar-refractivity contribution >= 4 is 11.4 Å². The van der Waals surface area contributed by atoms with Gasteiger partial charge in [-0.3, -0.25) is 4.79 Å². The van der Waals surface area contributed by atoms with Gasteiger partial charge in [-0.05, 0) is 35.4 Å². The van der Waals surface area contributed by atoms with Gasteiger partial charge in [0, 0.05) is 0 Å². The van der Waals surface area contributed by atoms with Crippen molar-refractivity contribution in [1.29, 1.82) is 0 Å². The lowest BCUT2D eigenvalue weighted by Crippen LogP contribution is -2.20. The van der Waals surface area contributed by atoms with Crippen molar-refractivity contribution in [3.63, 3.8) is 0 Å². The average Bonchev–Trinajstić information content (AvgIpc) is 2.74. The van der Waals surface area contributed by atoms with Crippen LogP contribution in [0, 0.1) is 0 Å². The SMILES string of the molecule is O=C1C(c2ccc(O)cc2)=C(O)C(O)C1c1ccc(O)c(O)c1. The van der Waals surface area contributed by atoms with E-state index in [9.17, 15) is 30.3 Å². The topological polar surface area (TPSA) is 118 Å². The van der Waals surface area contributed by atoms with Gasteiger partial charge in [0.2, 0.25) is 0 Å². The Morgan fingerprint density at radius 1 is 0.826 bits per heavy atom. The lowest BCUT2D eigenvalue weighted by atomic mass is 9.91. The normalized spacial score (nSPS) is 21.0. The van der Waals surface area contributed by atoms with Crippen LogP contribution in [0.2, 0.25) is 0 Å². The first-order valence-electron chi connectivity index (χ1n) is 6.87. The number of phenols is 3. The van der Waals surface area contributed by atoms with Crippen molar-refractivity contribution in [3.05, 3.63) is 59.4 Å². The van der Waals surface area contributed by atoms with E-state index in [-0.39, 0.29) is 22.6 Å². The molecule has 0 aliphatic heterocycles. The molecule has 23 heavy (non-hydrogen) atoms. The van der Waals surface area contributed by atoms with Crippen LogP contribution in [0.1, 0.15) is 17.0 Å². The molecule has 1 aliphatic rings. The molecule has 0 amide bonds. The highest BCUT2D eigenvalue weighted by molar-refractivity contribution is 6.27. The molecule has 0 saturated heterocycles. The van der Waals surface area contributed by atoms with E-state index in [1.165, 1.54) is 42.5 Å². The molecule has 6 nitrogen and oxygen atoms in total. The van der Waals surface area contributed by atoms with Crippen LogP contribution >= 0.6 is 0 Å². The van der Waals surface area contributed by atoms with Crippen molar-refractivity contribution in [1.82, 2.24) is 0 Å². The Morgan fingerprint density at radius 3 is 2.09 bits per heavy atom. The van der Waals surface area contributed by atoms with E-state index in [4.69, 9.17) is 0 Å². The predicted octanol–water partition coefficient (Wildman–Crippen LogP) is 1.80. The van der Waals surface area contributed by atoms with E-state index in [1.54, 1.807) is 0 Å². The maximum Gasteiger partial charge on any atom is 0.177 e. The number of carbonyl (C=O) groups is 1. The summed E-state index contributed by atoms with van der Waals surface area (Å²) in [6, 6.07) is 9.44. The monoisotopic (exact) mass is 314 g/mol. The highest BCUT2D eigenvalue weighted by Crippen LogP contribution is 2.41. The largest absolute Gasteiger partial charge is 0.509 e. The third-order valence-electron chi connectivity index (χ3n) is 3.90. The fourth-order valence-corrected chi connectivity index (χ4v) is 2.72. The van der Waals surface area contributed by atoms with Crippen molar-refractivity contribution in [2.45, 2.75) is 12.0 Å². The number of hydrogen-bond donors (Lipinski definition) is 5. The third kappa shape index (κ3) is 2.39. The molecular formula is C17H14O6. The van der Waals surface area contributed by atoms with Gasteiger partial charge in [-0.15, -0.1) is 0 Å². The first-order chi connectivity index (χ1) is 10.9. The van der Waals surface area contributed by atoms with E-state index < -0.39 is 29.3 Å². The zero-order valence-electron chi connectivity index (χ0n) is 11.8. The Bertz CT molecular complexity index is 806. The van der Waals surface area contributed by atoms with Crippen LogP contribution < -0.4 is 0 Å². The summed E-state index contributed by atoms with van der Waals surface area (Å²) in [5.41, 5.74) is 0.614. The highest BCUT2D eigenvalue weighted by atomic mass is 16.3. The lowest BCUT2D eigenvalue weighted by Gasteiger charge is -2.14. The first kappa shape index (κ1) is 14.9. The summed E-state index contributed by atoms with van der Waals surface area (Å²) in [6.45, 7) is 0. The molecule has 0 fully saturated rings. The summed E-state index contributed by atoms with van der Waals surface area (Å²) in [7, 11) is 0. The number of phenolic OH excluding ortho intramolecular Hbond substituents is 3. The molecule has 2 aromatic carbocycles. The zero-order valence-corrected chi connectivity index (χ0v) is 11.8. The van der Waals surface area contributed by atoms with E-state index in [0.29, 0.717) is 5.56 Å². The molecular weight excluding hydrogens is 300 g/mol. The second-order valence-corrected chi connectivity index (χ2v) is 5.34. The van der Waals surface area contributed by atoms with Gasteiger partial charge in [-0.25, -0.2) is 0 Å². The summed E-state index contributed by atoms with van der Waals surface area (Å²) in [6.07, 6.45) is -1.45. The summed E-state index contributed by atoms with van der Waals surface area (Å²) < 4.78 is 0. The Balaban J connectivity index is 2.03. The van der Waals surface area contributed by atoms with Gasteiger partial charge in [0.15, 0.2) is 17.3 Å². The molecule has 0 radical (unpaired) electrons. The quantitative estimate of drug-likeness (QED) is 0.539. The first-order valence-corrected chi connectivity index (χ1v) is 6.87. The molecule has 5 N–H and O–H groups in total. The Morgan fingerprint density at radius 2 is 1.48 bits per heavy atom. The van der Waals surface area contributed by atoms with Crippen LogP contribution in [-0.4, -0.2) is 37.4 Å². The maximum absolute atomic E-state index is 12.6. The molecule has 6 heteroatoms. The van der Waals surface area contributed by atoms with Gasteiger partial charge in [0.05, 0.1) is 11.5 Å². The van der Waals surface area contributed by atoms with E-state index in [0.717, 1.165) is 0 Å². The highest BCUT2D eigenvalue weighted by Gasteiger charge is 2.43. The smallest absolute Gasteiger partial charge is 0.177 e. The fourth-order valence-electron chi connectivity index (χ4n) is 2.72. The second kappa shape index (κ2) is 5.33. The van der Waals surface area contributed by atoms with E-state index in [1.807, 2.05) is 0 Å². The van der Waals surface area contributed by atoms with Crippen LogP contribution in [0.15, 0.2) is 48.2 Å². The predicted molar refractivity (Wildman–Crippen MR) is 81.2 cm³/mol. The van der Waals surface area contributed by atoms with Crippen LogP contribution in [0.25, 0.3) is 5.57 Å². The van der Waals surface area contributed by atoms with Crippen molar-refractivity contribution in [2.75, 3.05) is 0 Å². The molecule has 2 unspecified atom stereocenters. The summed E-state index contributed by atoms with van der Waals surface area (Å²) in [4.78, 5) is 12.6. The summed E-state index contributed by atoms with van der Waals surface area (Å²) in [5.74, 6) is -2.79. The minimum Gasteiger partial charge on any atom is -0.509 e. The van der Waals surface area contributed by atoms with E-state index >= 15 is 0 Å². The average molecular weight is 314 g/mol. The van der Waals surface area contributed by atoms with Gasteiger partial charge in [-0.1, -0.05) is 18.2 Å². The van der Waals surface area contributed by atoms with Gasteiger partial charge in [0.25, 0.3) is 0 Å². The van der Waals surface area contributed by atoms with Gasteiger partial charge in [-0.2, -0.15) is 0 Å². The number of ketones is 1. The maximum atomic E-state index is 12.6. The minimum atomic E-state index is -1.45. The van der Waals surface area contributed by atoms with Crippen LogP contribution in [0.4, 0.5) is 0 Å². The molecule has 0 aromatic heterocycles. The van der Waals surface area contributed by atoms with Crippen molar-refractivity contribution in [2.24, 2.45) is 0 Å². The molecule has 0 saturated carbocycles. The Kier molecular flexibility index (Phi) is 3.46. The number of carbonyl (C=O) groups excluding carboxylic acids is 1. The van der Waals surface area contributed by atoms with Crippen LogP contribution in [0.5, 0.6) is 17.2 Å². The Hall–Kier alpha value is -2.99. The Labute approximate surface area is 131 Å². The number of hydrogen-bond acceptors (Lipinski definition) is 6.